The first-order valence-corrected chi connectivity index (χ1v) is 10.2. The Balaban J connectivity index is 1.70. The highest BCUT2D eigenvalue weighted by molar-refractivity contribution is 6.31. The lowest BCUT2D eigenvalue weighted by Crippen LogP contribution is -2.48. The van der Waals surface area contributed by atoms with E-state index in [2.05, 4.69) is 10.6 Å². The largest absolute Gasteiger partial charge is 0.325 e. The molecule has 0 aliphatic carbocycles. The van der Waals surface area contributed by atoms with Gasteiger partial charge < -0.3 is 15.5 Å². The van der Waals surface area contributed by atoms with Crippen LogP contribution in [0.2, 0.25) is 5.02 Å². The zero-order valence-corrected chi connectivity index (χ0v) is 18.2. The number of nitrogens with one attached hydrogen (secondary N) is 2. The zero-order valence-electron chi connectivity index (χ0n) is 17.5. The van der Waals surface area contributed by atoms with Crippen molar-refractivity contribution in [3.05, 3.63) is 53.3 Å². The molecule has 0 saturated carbocycles. The Morgan fingerprint density at radius 3 is 2.74 bits per heavy atom. The van der Waals surface area contributed by atoms with Gasteiger partial charge in [-0.2, -0.15) is 0 Å². The van der Waals surface area contributed by atoms with E-state index >= 15 is 0 Å². The number of hydrogen-bond donors (Lipinski definition) is 2. The van der Waals surface area contributed by atoms with E-state index in [1.54, 1.807) is 48.0 Å². The van der Waals surface area contributed by atoms with Crippen molar-refractivity contribution in [2.75, 3.05) is 29.1 Å². The minimum atomic E-state index is -0.648. The highest BCUT2D eigenvalue weighted by Crippen LogP contribution is 2.31. The van der Waals surface area contributed by atoms with Gasteiger partial charge in [0, 0.05) is 18.2 Å². The summed E-state index contributed by atoms with van der Waals surface area (Å²) < 4.78 is 13.3. The topological polar surface area (TPSA) is 81.8 Å². The summed E-state index contributed by atoms with van der Waals surface area (Å²) >= 11 is 5.76. The number of halogens is 2. The molecule has 0 saturated heterocycles. The molecule has 1 heterocycles. The molecule has 1 aliphatic heterocycles. The summed E-state index contributed by atoms with van der Waals surface area (Å²) in [6.07, 6.45) is 0.172. The van der Waals surface area contributed by atoms with Gasteiger partial charge in [0.1, 0.15) is 5.82 Å². The molecule has 2 aromatic rings. The molecule has 0 spiro atoms. The normalized spacial score (nSPS) is 16.9. The minimum absolute atomic E-state index is 0.0361. The molecule has 0 bridgehead atoms. The lowest BCUT2D eigenvalue weighted by molar-refractivity contribution is -0.123. The molecular formula is C22H24ClFN4O3. The van der Waals surface area contributed by atoms with E-state index in [9.17, 15) is 18.8 Å². The van der Waals surface area contributed by atoms with Crippen LogP contribution in [-0.4, -0.2) is 48.3 Å². The second kappa shape index (κ2) is 9.45. The number of hydrogen-bond acceptors (Lipinski definition) is 4. The number of anilines is 3. The predicted molar refractivity (Wildman–Crippen MR) is 119 cm³/mol. The summed E-state index contributed by atoms with van der Waals surface area (Å²) in [4.78, 5) is 41.1. The number of carbonyl (C=O) groups excluding carboxylic acids is 3. The maximum absolute atomic E-state index is 13.3. The second-order valence-corrected chi connectivity index (χ2v) is 8.00. The lowest BCUT2D eigenvalue weighted by Gasteiger charge is -2.31. The second-order valence-electron chi connectivity index (χ2n) is 7.59. The van der Waals surface area contributed by atoms with E-state index in [0.29, 0.717) is 17.1 Å². The van der Waals surface area contributed by atoms with Crippen LogP contribution >= 0.6 is 11.6 Å². The van der Waals surface area contributed by atoms with Crippen molar-refractivity contribution >= 4 is 46.4 Å². The summed E-state index contributed by atoms with van der Waals surface area (Å²) in [5.41, 5.74) is 1.56. The van der Waals surface area contributed by atoms with E-state index in [1.165, 1.54) is 18.2 Å². The maximum atomic E-state index is 13.3. The molecule has 0 aromatic heterocycles. The highest BCUT2D eigenvalue weighted by Gasteiger charge is 2.31. The predicted octanol–water partition coefficient (Wildman–Crippen LogP) is 3.50. The monoisotopic (exact) mass is 446 g/mol. The van der Waals surface area contributed by atoms with E-state index in [0.717, 1.165) is 0 Å². The van der Waals surface area contributed by atoms with Crippen LogP contribution < -0.4 is 15.5 Å². The van der Waals surface area contributed by atoms with Crippen LogP contribution in [0.3, 0.4) is 0 Å². The third-order valence-electron chi connectivity index (χ3n) is 5.24. The molecule has 1 aliphatic rings. The molecule has 0 unspecified atom stereocenters. The van der Waals surface area contributed by atoms with Crippen molar-refractivity contribution in [3.8, 4) is 0 Å². The molecule has 164 valence electrons. The van der Waals surface area contributed by atoms with E-state index in [1.807, 2.05) is 6.92 Å². The molecule has 2 atom stereocenters. The fourth-order valence-corrected chi connectivity index (χ4v) is 3.60. The van der Waals surface area contributed by atoms with Gasteiger partial charge in [-0.3, -0.25) is 19.3 Å². The van der Waals surface area contributed by atoms with Crippen LogP contribution in [0, 0.1) is 5.82 Å². The smallest absolute Gasteiger partial charge is 0.241 e. The molecule has 7 nitrogen and oxygen atoms in total. The van der Waals surface area contributed by atoms with E-state index < -0.39 is 11.9 Å². The van der Waals surface area contributed by atoms with Crippen LogP contribution in [0.1, 0.15) is 20.3 Å². The van der Waals surface area contributed by atoms with Crippen molar-refractivity contribution in [2.24, 2.45) is 0 Å². The molecule has 3 rings (SSSR count). The van der Waals surface area contributed by atoms with Crippen molar-refractivity contribution in [2.45, 2.75) is 32.4 Å². The molecular weight excluding hydrogens is 423 g/mol. The summed E-state index contributed by atoms with van der Waals surface area (Å²) in [6.45, 7) is 3.44. The van der Waals surface area contributed by atoms with Crippen LogP contribution in [0.25, 0.3) is 0 Å². The van der Waals surface area contributed by atoms with Crippen LogP contribution in [0.5, 0.6) is 0 Å². The molecule has 0 fully saturated rings. The van der Waals surface area contributed by atoms with Crippen LogP contribution in [-0.2, 0) is 14.4 Å². The Bertz CT molecular complexity index is 1020. The average Bonchev–Trinajstić information content (AvgIpc) is 2.84. The first-order chi connectivity index (χ1) is 14.7. The zero-order chi connectivity index (χ0) is 22.7. The standard InChI is InChI=1S/C22H24ClFN4O3/c1-13-10-20(29)26-18-6-4-5-7-19(18)28(13)21(30)12-27(3)14(2)22(31)25-15-8-9-17(24)16(23)11-15/h4-9,11,13-14H,10,12H2,1-3H3,(H,25,31)(H,26,29)/t13-,14-/m1/s1. The van der Waals surface area contributed by atoms with E-state index in [4.69, 9.17) is 11.6 Å². The molecule has 9 heteroatoms. The summed E-state index contributed by atoms with van der Waals surface area (Å²) in [5.74, 6) is -1.33. The van der Waals surface area contributed by atoms with Crippen molar-refractivity contribution in [3.63, 3.8) is 0 Å². The maximum Gasteiger partial charge on any atom is 0.241 e. The average molecular weight is 447 g/mol. The minimum Gasteiger partial charge on any atom is -0.325 e. The van der Waals surface area contributed by atoms with Crippen molar-refractivity contribution in [1.82, 2.24) is 4.90 Å². The molecule has 2 aromatic carbocycles. The van der Waals surface area contributed by atoms with Gasteiger partial charge in [-0.15, -0.1) is 0 Å². The Kier molecular flexibility index (Phi) is 6.92. The van der Waals surface area contributed by atoms with Gasteiger partial charge in [0.25, 0.3) is 0 Å². The van der Waals surface area contributed by atoms with E-state index in [-0.39, 0.29) is 41.8 Å². The van der Waals surface area contributed by atoms with Gasteiger partial charge in [-0.1, -0.05) is 23.7 Å². The Morgan fingerprint density at radius 2 is 2.03 bits per heavy atom. The first-order valence-electron chi connectivity index (χ1n) is 9.84. The van der Waals surface area contributed by atoms with Gasteiger partial charge in [-0.25, -0.2) is 4.39 Å². The number of benzene rings is 2. The fraction of sp³-hybridized carbons (Fsp3) is 0.318. The van der Waals surface area contributed by atoms with Gasteiger partial charge in [0.2, 0.25) is 17.7 Å². The van der Waals surface area contributed by atoms with Gasteiger partial charge in [0.05, 0.1) is 29.0 Å². The number of likely N-dealkylation sites (N-methyl/N-ethyl adjacent to an activating group) is 1. The number of para-hydroxylation sites is 2. The van der Waals surface area contributed by atoms with Gasteiger partial charge >= 0.3 is 0 Å². The Hall–Kier alpha value is -2.97. The van der Waals surface area contributed by atoms with Crippen molar-refractivity contribution in [1.29, 1.82) is 0 Å². The number of carbonyl (C=O) groups is 3. The SMILES string of the molecule is C[C@H](C(=O)Nc1ccc(F)c(Cl)c1)N(C)CC(=O)N1c2ccccc2NC(=O)C[C@H]1C. The number of amides is 3. The summed E-state index contributed by atoms with van der Waals surface area (Å²) in [7, 11) is 1.66. The number of fused-ring (bicyclic) bond motifs is 1. The lowest BCUT2D eigenvalue weighted by atomic mass is 10.1. The Labute approximate surface area is 185 Å². The summed E-state index contributed by atoms with van der Waals surface area (Å²) in [6, 6.07) is 10.0. The summed E-state index contributed by atoms with van der Waals surface area (Å²) in [5, 5.41) is 5.40. The van der Waals surface area contributed by atoms with Gasteiger partial charge in [-0.05, 0) is 51.2 Å². The van der Waals surface area contributed by atoms with Crippen molar-refractivity contribution < 1.29 is 18.8 Å². The number of rotatable bonds is 5. The highest BCUT2D eigenvalue weighted by atomic mass is 35.5. The van der Waals surface area contributed by atoms with Gasteiger partial charge in [0.15, 0.2) is 0 Å². The molecule has 31 heavy (non-hydrogen) atoms. The first kappa shape index (κ1) is 22.7. The fourth-order valence-electron chi connectivity index (χ4n) is 3.42. The molecule has 2 N–H and O–H groups in total. The third-order valence-corrected chi connectivity index (χ3v) is 5.53. The molecule has 3 amide bonds. The molecule has 0 radical (unpaired) electrons. The van der Waals surface area contributed by atoms with Crippen LogP contribution in [0.15, 0.2) is 42.5 Å². The third kappa shape index (κ3) is 5.21. The number of nitrogens with zero attached hydrogens (tertiary/aromatic N) is 2. The Morgan fingerprint density at radius 1 is 1.32 bits per heavy atom. The quantitative estimate of drug-likeness (QED) is 0.736. The van der Waals surface area contributed by atoms with Crippen LogP contribution in [0.4, 0.5) is 21.5 Å².